The molecule has 0 atom stereocenters. The molecule has 108 valence electrons. The molecule has 1 fully saturated rings. The lowest BCUT2D eigenvalue weighted by Gasteiger charge is -2.19. The van der Waals surface area contributed by atoms with Gasteiger partial charge in [0.25, 0.3) is 5.91 Å². The predicted octanol–water partition coefficient (Wildman–Crippen LogP) is 3.42. The van der Waals surface area contributed by atoms with Crippen LogP contribution in [0.15, 0.2) is 48.5 Å². The van der Waals surface area contributed by atoms with Crippen LogP contribution >= 0.6 is 0 Å². The summed E-state index contributed by atoms with van der Waals surface area (Å²) in [6, 6.07) is 15.8. The predicted molar refractivity (Wildman–Crippen MR) is 82.6 cm³/mol. The van der Waals surface area contributed by atoms with E-state index < -0.39 is 0 Å². The largest absolute Gasteiger partial charge is 0.496 e. The maximum absolute atomic E-state index is 12.6. The zero-order valence-electron chi connectivity index (χ0n) is 12.3. The van der Waals surface area contributed by atoms with Gasteiger partial charge >= 0.3 is 0 Å². The first kappa shape index (κ1) is 13.7. The van der Waals surface area contributed by atoms with Crippen LogP contribution in [0.5, 0.6) is 5.75 Å². The molecule has 0 bridgehead atoms. The average Bonchev–Trinajstić information content (AvgIpc) is 3.28. The number of hydrogen-bond acceptors (Lipinski definition) is 2. The van der Waals surface area contributed by atoms with Crippen LogP contribution in [0.4, 0.5) is 0 Å². The Morgan fingerprint density at radius 3 is 2.48 bits per heavy atom. The molecule has 0 heterocycles. The zero-order chi connectivity index (χ0) is 14.9. The topological polar surface area (TPSA) is 38.3 Å². The monoisotopic (exact) mass is 281 g/mol. The molecule has 1 amide bonds. The first-order valence-electron chi connectivity index (χ1n) is 7.17. The fourth-order valence-electron chi connectivity index (χ4n) is 2.64. The number of nitrogens with one attached hydrogen (secondary N) is 1. The van der Waals surface area contributed by atoms with E-state index in [1.54, 1.807) is 7.11 Å². The number of benzene rings is 2. The van der Waals surface area contributed by atoms with Gasteiger partial charge < -0.3 is 10.1 Å². The van der Waals surface area contributed by atoms with Crippen molar-refractivity contribution in [3.63, 3.8) is 0 Å². The average molecular weight is 281 g/mol. The van der Waals surface area contributed by atoms with E-state index in [4.69, 9.17) is 4.74 Å². The Morgan fingerprint density at radius 1 is 1.14 bits per heavy atom. The molecule has 1 N–H and O–H groups in total. The van der Waals surface area contributed by atoms with Gasteiger partial charge in [-0.05, 0) is 43.0 Å². The number of methoxy groups -OCH3 is 1. The minimum Gasteiger partial charge on any atom is -0.496 e. The van der Waals surface area contributed by atoms with Crippen LogP contribution < -0.4 is 10.1 Å². The Labute approximate surface area is 124 Å². The summed E-state index contributed by atoms with van der Waals surface area (Å²) in [5.74, 6) is 0.546. The lowest BCUT2D eigenvalue weighted by Crippen LogP contribution is -2.35. The molecule has 2 aromatic carbocycles. The highest BCUT2D eigenvalue weighted by Gasteiger charge is 2.45. The van der Waals surface area contributed by atoms with Gasteiger partial charge in [0.1, 0.15) is 5.75 Å². The molecule has 2 aromatic rings. The molecular weight excluding hydrogens is 262 g/mol. The van der Waals surface area contributed by atoms with Crippen molar-refractivity contribution in [2.45, 2.75) is 25.3 Å². The van der Waals surface area contributed by atoms with Crippen molar-refractivity contribution in [3.8, 4) is 5.75 Å². The second-order valence-corrected chi connectivity index (χ2v) is 5.61. The highest BCUT2D eigenvalue weighted by atomic mass is 16.5. The molecule has 0 spiro atoms. The molecule has 3 rings (SSSR count). The number of rotatable bonds is 4. The molecule has 3 nitrogen and oxygen atoms in total. The molecule has 3 heteroatoms. The number of hydrogen-bond donors (Lipinski definition) is 1. The van der Waals surface area contributed by atoms with Gasteiger partial charge in [-0.15, -0.1) is 0 Å². The van der Waals surface area contributed by atoms with Gasteiger partial charge in [-0.25, -0.2) is 0 Å². The molecule has 0 radical (unpaired) electrons. The molecular formula is C18H19NO2. The van der Waals surface area contributed by atoms with Crippen molar-refractivity contribution in [1.29, 1.82) is 0 Å². The zero-order valence-corrected chi connectivity index (χ0v) is 12.3. The first-order valence-corrected chi connectivity index (χ1v) is 7.17. The van der Waals surface area contributed by atoms with E-state index in [0.29, 0.717) is 11.3 Å². The van der Waals surface area contributed by atoms with Gasteiger partial charge in [-0.3, -0.25) is 4.79 Å². The van der Waals surface area contributed by atoms with Crippen LogP contribution in [0, 0.1) is 6.92 Å². The number of aryl methyl sites for hydroxylation is 1. The highest BCUT2D eigenvalue weighted by molar-refractivity contribution is 5.97. The molecule has 0 unspecified atom stereocenters. The quantitative estimate of drug-likeness (QED) is 0.932. The lowest BCUT2D eigenvalue weighted by molar-refractivity contribution is 0.0928. The maximum Gasteiger partial charge on any atom is 0.255 e. The van der Waals surface area contributed by atoms with E-state index in [2.05, 4.69) is 17.4 Å². The summed E-state index contributed by atoms with van der Waals surface area (Å²) in [5, 5.41) is 3.18. The lowest BCUT2D eigenvalue weighted by atomic mass is 10.0. The van der Waals surface area contributed by atoms with Gasteiger partial charge in [0.2, 0.25) is 0 Å². The maximum atomic E-state index is 12.6. The Morgan fingerprint density at radius 2 is 1.86 bits per heavy atom. The molecule has 0 saturated heterocycles. The van der Waals surface area contributed by atoms with Crippen LogP contribution in [-0.4, -0.2) is 13.0 Å². The van der Waals surface area contributed by atoms with E-state index in [-0.39, 0.29) is 11.4 Å². The Kier molecular flexibility index (Phi) is 3.42. The summed E-state index contributed by atoms with van der Waals surface area (Å²) in [6.07, 6.45) is 1.97. The number of carbonyl (C=O) groups is 1. The second-order valence-electron chi connectivity index (χ2n) is 5.61. The number of ether oxygens (including phenoxy) is 1. The van der Waals surface area contributed by atoms with E-state index in [1.165, 1.54) is 5.56 Å². The third-order valence-electron chi connectivity index (χ3n) is 4.03. The van der Waals surface area contributed by atoms with Crippen molar-refractivity contribution in [2.24, 2.45) is 0 Å². The van der Waals surface area contributed by atoms with Crippen molar-refractivity contribution in [3.05, 3.63) is 65.2 Å². The van der Waals surface area contributed by atoms with E-state index in [0.717, 1.165) is 18.4 Å². The van der Waals surface area contributed by atoms with Crippen molar-refractivity contribution in [2.75, 3.05) is 7.11 Å². The van der Waals surface area contributed by atoms with Crippen molar-refractivity contribution < 1.29 is 9.53 Å². The summed E-state index contributed by atoms with van der Waals surface area (Å²) in [6.45, 7) is 1.98. The van der Waals surface area contributed by atoms with Gasteiger partial charge in [-0.2, -0.15) is 0 Å². The van der Waals surface area contributed by atoms with Gasteiger partial charge in [0, 0.05) is 0 Å². The third kappa shape index (κ3) is 2.64. The summed E-state index contributed by atoms with van der Waals surface area (Å²) >= 11 is 0. The van der Waals surface area contributed by atoms with Crippen LogP contribution in [0.2, 0.25) is 0 Å². The fourth-order valence-corrected chi connectivity index (χ4v) is 2.64. The third-order valence-corrected chi connectivity index (χ3v) is 4.03. The minimum atomic E-state index is -0.200. The summed E-state index contributed by atoms with van der Waals surface area (Å²) in [7, 11) is 1.59. The van der Waals surface area contributed by atoms with E-state index in [9.17, 15) is 4.79 Å². The molecule has 1 aliphatic carbocycles. The van der Waals surface area contributed by atoms with E-state index >= 15 is 0 Å². The van der Waals surface area contributed by atoms with Gasteiger partial charge in [0.05, 0.1) is 18.2 Å². The van der Waals surface area contributed by atoms with E-state index in [1.807, 2.05) is 43.3 Å². The number of carbonyl (C=O) groups excluding carboxylic acids is 1. The molecule has 0 aromatic heterocycles. The molecule has 0 aliphatic heterocycles. The van der Waals surface area contributed by atoms with Crippen LogP contribution in [0.3, 0.4) is 0 Å². The number of amides is 1. The SMILES string of the molecule is COc1cc(C)ccc1C(=O)NC1(c2ccccc2)CC1. The highest BCUT2D eigenvalue weighted by Crippen LogP contribution is 2.45. The fraction of sp³-hybridized carbons (Fsp3) is 0.278. The van der Waals surface area contributed by atoms with Crippen LogP contribution in [0.1, 0.15) is 34.3 Å². The summed E-state index contributed by atoms with van der Waals surface area (Å²) in [5.41, 5.74) is 2.64. The summed E-state index contributed by atoms with van der Waals surface area (Å²) in [4.78, 5) is 12.6. The van der Waals surface area contributed by atoms with Gasteiger partial charge in [0.15, 0.2) is 0 Å². The Balaban J connectivity index is 1.84. The second kappa shape index (κ2) is 5.24. The standard InChI is InChI=1S/C18H19NO2/c1-13-8-9-15(16(12-13)21-2)17(20)19-18(10-11-18)14-6-4-3-5-7-14/h3-9,12H,10-11H2,1-2H3,(H,19,20). The summed E-state index contributed by atoms with van der Waals surface area (Å²) < 4.78 is 5.33. The van der Waals surface area contributed by atoms with Crippen LogP contribution in [-0.2, 0) is 5.54 Å². The molecule has 1 aliphatic rings. The molecule has 1 saturated carbocycles. The van der Waals surface area contributed by atoms with Crippen LogP contribution in [0.25, 0.3) is 0 Å². The minimum absolute atomic E-state index is 0.0757. The normalized spacial score (nSPS) is 15.3. The van der Waals surface area contributed by atoms with Crippen molar-refractivity contribution >= 4 is 5.91 Å². The molecule has 21 heavy (non-hydrogen) atoms. The van der Waals surface area contributed by atoms with Gasteiger partial charge in [-0.1, -0.05) is 36.4 Å². The van der Waals surface area contributed by atoms with Crippen molar-refractivity contribution in [1.82, 2.24) is 5.32 Å². The smallest absolute Gasteiger partial charge is 0.255 e. The Hall–Kier alpha value is -2.29. The first-order chi connectivity index (χ1) is 10.1. The Bertz CT molecular complexity index is 660.